The van der Waals surface area contributed by atoms with E-state index in [2.05, 4.69) is 9.73 Å². The first-order valence-electron chi connectivity index (χ1n) is 3.34. The molecular formula is C7H12NO3P. The monoisotopic (exact) mass is 189 g/mol. The van der Waals surface area contributed by atoms with E-state index in [9.17, 15) is 9.59 Å². The normalized spacial score (nSPS) is 11.6. The highest BCUT2D eigenvalue weighted by Crippen LogP contribution is 2.27. The summed E-state index contributed by atoms with van der Waals surface area (Å²) in [6.45, 7) is 5.11. The number of rotatable bonds is 2. The van der Waals surface area contributed by atoms with Gasteiger partial charge in [0.1, 0.15) is 5.45 Å². The second-order valence-corrected chi connectivity index (χ2v) is 4.57. The van der Waals surface area contributed by atoms with Crippen molar-refractivity contribution in [2.24, 2.45) is 4.99 Å². The smallest absolute Gasteiger partial charge is 0.434 e. The van der Waals surface area contributed by atoms with Gasteiger partial charge in [-0.3, -0.25) is 4.79 Å². The van der Waals surface area contributed by atoms with Crippen LogP contribution in [-0.2, 0) is 9.53 Å². The van der Waals surface area contributed by atoms with Crippen molar-refractivity contribution in [2.75, 3.05) is 20.4 Å². The predicted molar refractivity (Wildman–Crippen MR) is 49.3 cm³/mol. The van der Waals surface area contributed by atoms with Crippen molar-refractivity contribution in [3.63, 3.8) is 0 Å². The molecule has 68 valence electrons. The lowest BCUT2D eigenvalue weighted by molar-refractivity contribution is -0.110. The molecule has 0 aromatic heterocycles. The number of methoxy groups -OCH3 is 1. The molecule has 0 heterocycles. The number of ether oxygens (including phenoxy) is 1. The summed E-state index contributed by atoms with van der Waals surface area (Å²) in [6.07, 6.45) is -0.712. The van der Waals surface area contributed by atoms with Crippen LogP contribution >= 0.6 is 7.92 Å². The number of amides is 1. The highest BCUT2D eigenvalue weighted by Gasteiger charge is 2.12. The zero-order valence-corrected chi connectivity index (χ0v) is 8.51. The Bertz CT molecular complexity index is 223. The van der Waals surface area contributed by atoms with Gasteiger partial charge in [-0.25, -0.2) is 4.79 Å². The van der Waals surface area contributed by atoms with Crippen molar-refractivity contribution < 1.29 is 14.3 Å². The van der Waals surface area contributed by atoms with Crippen LogP contribution in [0, 0.1) is 0 Å². The maximum atomic E-state index is 10.9. The van der Waals surface area contributed by atoms with Crippen molar-refractivity contribution in [3.05, 3.63) is 0 Å². The SMILES string of the molecule is COC(=O)N=C(C(C)=O)P(C)C. The minimum atomic E-state index is -0.712. The molecule has 0 rings (SSSR count). The first kappa shape index (κ1) is 11.2. The Morgan fingerprint density at radius 3 is 2.08 bits per heavy atom. The Morgan fingerprint density at radius 2 is 1.83 bits per heavy atom. The zero-order valence-electron chi connectivity index (χ0n) is 7.62. The predicted octanol–water partition coefficient (Wildman–Crippen LogP) is 1.48. The summed E-state index contributed by atoms with van der Waals surface area (Å²) in [4.78, 5) is 25.1. The molecule has 0 N–H and O–H groups in total. The minimum Gasteiger partial charge on any atom is -0.451 e. The third kappa shape index (κ3) is 3.58. The molecule has 0 saturated carbocycles. The van der Waals surface area contributed by atoms with Crippen molar-refractivity contribution in [3.8, 4) is 0 Å². The molecular weight excluding hydrogens is 177 g/mol. The van der Waals surface area contributed by atoms with Gasteiger partial charge in [-0.2, -0.15) is 4.99 Å². The number of nitrogens with zero attached hydrogens (tertiary/aromatic N) is 1. The van der Waals surface area contributed by atoms with E-state index in [1.54, 1.807) is 0 Å². The maximum Gasteiger partial charge on any atom is 0.434 e. The van der Waals surface area contributed by atoms with Crippen LogP contribution in [0.25, 0.3) is 0 Å². The number of aliphatic imine (C=N–C) groups is 1. The van der Waals surface area contributed by atoms with Crippen LogP contribution in [0.15, 0.2) is 4.99 Å². The third-order valence-corrected chi connectivity index (χ3v) is 2.37. The van der Waals surface area contributed by atoms with Gasteiger partial charge in [-0.15, -0.1) is 0 Å². The summed E-state index contributed by atoms with van der Waals surface area (Å²) >= 11 is 0. The van der Waals surface area contributed by atoms with Crippen LogP contribution in [0.5, 0.6) is 0 Å². The molecule has 0 aliphatic carbocycles. The zero-order chi connectivity index (χ0) is 9.72. The largest absolute Gasteiger partial charge is 0.451 e. The lowest BCUT2D eigenvalue weighted by atomic mass is 10.5. The Hall–Kier alpha value is -0.760. The van der Waals surface area contributed by atoms with Crippen LogP contribution in [0.2, 0.25) is 0 Å². The van der Waals surface area contributed by atoms with E-state index in [4.69, 9.17) is 0 Å². The molecule has 0 atom stereocenters. The molecule has 12 heavy (non-hydrogen) atoms. The van der Waals surface area contributed by atoms with Crippen LogP contribution in [0.4, 0.5) is 4.79 Å². The third-order valence-electron chi connectivity index (χ3n) is 1.11. The van der Waals surface area contributed by atoms with Crippen molar-refractivity contribution in [1.82, 2.24) is 0 Å². The van der Waals surface area contributed by atoms with Crippen LogP contribution in [-0.4, -0.2) is 37.8 Å². The summed E-state index contributed by atoms with van der Waals surface area (Å²) in [5, 5.41) is 0. The average molecular weight is 189 g/mol. The van der Waals surface area contributed by atoms with Gasteiger partial charge in [-0.05, 0) is 13.3 Å². The van der Waals surface area contributed by atoms with Gasteiger partial charge >= 0.3 is 6.09 Å². The molecule has 0 saturated heterocycles. The second kappa shape index (κ2) is 4.99. The maximum absolute atomic E-state index is 10.9. The van der Waals surface area contributed by atoms with Gasteiger partial charge in [0, 0.05) is 6.92 Å². The second-order valence-electron chi connectivity index (χ2n) is 2.36. The fourth-order valence-corrected chi connectivity index (χ4v) is 1.54. The highest BCUT2D eigenvalue weighted by atomic mass is 31.1. The summed E-state index contributed by atoms with van der Waals surface area (Å²) in [5.41, 5.74) is 0.317. The van der Waals surface area contributed by atoms with E-state index in [1.165, 1.54) is 14.0 Å². The van der Waals surface area contributed by atoms with Gasteiger partial charge in [-0.1, -0.05) is 7.92 Å². The van der Waals surface area contributed by atoms with Crippen molar-refractivity contribution in [1.29, 1.82) is 0 Å². The summed E-state index contributed by atoms with van der Waals surface area (Å²) in [5.74, 6) is -0.170. The summed E-state index contributed by atoms with van der Waals surface area (Å²) < 4.78 is 4.31. The quantitative estimate of drug-likeness (QED) is 0.488. The van der Waals surface area contributed by atoms with Gasteiger partial charge in [0.05, 0.1) is 7.11 Å². The number of ketones is 1. The standard InChI is InChI=1S/C7H12NO3P/c1-5(9)6(12(3)4)8-7(10)11-2/h1-4H3. The Labute approximate surface area is 72.8 Å². The van der Waals surface area contributed by atoms with E-state index in [0.717, 1.165) is 0 Å². The molecule has 0 spiro atoms. The van der Waals surface area contributed by atoms with Gasteiger partial charge in [0.15, 0.2) is 5.78 Å². The summed E-state index contributed by atoms with van der Waals surface area (Å²) in [6, 6.07) is 0. The van der Waals surface area contributed by atoms with E-state index in [1.807, 2.05) is 13.3 Å². The fourth-order valence-electron chi connectivity index (χ4n) is 0.626. The number of Topliss-reactive ketones (excluding diaryl/α,β-unsaturated/α-hetero) is 1. The molecule has 1 amide bonds. The molecule has 0 aromatic rings. The lowest BCUT2D eigenvalue weighted by Crippen LogP contribution is -2.10. The van der Waals surface area contributed by atoms with Crippen LogP contribution in [0.1, 0.15) is 6.92 Å². The molecule has 0 aliphatic rings. The van der Waals surface area contributed by atoms with Gasteiger partial charge < -0.3 is 4.74 Å². The highest BCUT2D eigenvalue weighted by molar-refractivity contribution is 7.76. The Balaban J connectivity index is 4.61. The number of carbonyl (C=O) groups is 2. The number of hydrogen-bond donors (Lipinski definition) is 0. The molecule has 0 fully saturated rings. The minimum absolute atomic E-state index is 0.170. The van der Waals surface area contributed by atoms with E-state index < -0.39 is 14.0 Å². The molecule has 4 nitrogen and oxygen atoms in total. The van der Waals surface area contributed by atoms with Crippen molar-refractivity contribution >= 4 is 25.3 Å². The first-order chi connectivity index (χ1) is 5.49. The molecule has 0 aromatic carbocycles. The van der Waals surface area contributed by atoms with Gasteiger partial charge in [0.2, 0.25) is 0 Å². The van der Waals surface area contributed by atoms with E-state index in [0.29, 0.717) is 5.45 Å². The number of carbonyl (C=O) groups excluding carboxylic acids is 2. The molecule has 0 unspecified atom stereocenters. The number of hydrogen-bond acceptors (Lipinski definition) is 3. The van der Waals surface area contributed by atoms with E-state index in [-0.39, 0.29) is 5.78 Å². The molecule has 0 aliphatic heterocycles. The molecule has 5 heteroatoms. The molecule has 0 bridgehead atoms. The first-order valence-corrected chi connectivity index (χ1v) is 5.57. The lowest BCUT2D eigenvalue weighted by Gasteiger charge is -2.04. The van der Waals surface area contributed by atoms with E-state index >= 15 is 0 Å². The fraction of sp³-hybridized carbons (Fsp3) is 0.571. The summed E-state index contributed by atoms with van der Waals surface area (Å²) in [7, 11) is 0.591. The molecule has 0 radical (unpaired) electrons. The topological polar surface area (TPSA) is 55.7 Å². The van der Waals surface area contributed by atoms with Crippen molar-refractivity contribution in [2.45, 2.75) is 6.92 Å². The van der Waals surface area contributed by atoms with Crippen LogP contribution < -0.4 is 0 Å². The van der Waals surface area contributed by atoms with Crippen LogP contribution in [0.3, 0.4) is 0 Å². The average Bonchev–Trinajstić information content (AvgIpc) is 1.98. The van der Waals surface area contributed by atoms with Gasteiger partial charge in [0.25, 0.3) is 0 Å². The Kier molecular flexibility index (Phi) is 4.67. The Morgan fingerprint density at radius 1 is 1.33 bits per heavy atom.